The Kier molecular flexibility index (Phi) is 4.78. The molecule has 1 aliphatic heterocycles. The number of nitrogens with zero attached hydrogens (tertiary/aromatic N) is 5. The summed E-state index contributed by atoms with van der Waals surface area (Å²) >= 11 is 0. The molecule has 2 aromatic heterocycles. The summed E-state index contributed by atoms with van der Waals surface area (Å²) < 4.78 is 5.55. The van der Waals surface area contributed by atoms with E-state index >= 15 is 0 Å². The minimum Gasteiger partial charge on any atom is -0.421 e. The van der Waals surface area contributed by atoms with Gasteiger partial charge in [-0.1, -0.05) is 13.8 Å². The molecule has 3 rings (SSSR count). The number of anilines is 1. The Balaban J connectivity index is 1.75. The maximum atomic E-state index is 12.3. The third-order valence-electron chi connectivity index (χ3n) is 4.47. The summed E-state index contributed by atoms with van der Waals surface area (Å²) in [5.41, 5.74) is 0.833. The average Bonchev–Trinajstić information content (AvgIpc) is 3.07. The van der Waals surface area contributed by atoms with E-state index in [-0.39, 0.29) is 11.8 Å². The van der Waals surface area contributed by atoms with Crippen molar-refractivity contribution in [3.8, 4) is 11.5 Å². The number of hydrogen-bond donors (Lipinski definition) is 0. The predicted molar refractivity (Wildman–Crippen MR) is 90.5 cm³/mol. The lowest BCUT2D eigenvalue weighted by Gasteiger charge is -2.37. The number of carbonyl (C=O) groups is 1. The van der Waals surface area contributed by atoms with E-state index in [1.54, 1.807) is 13.1 Å². The van der Waals surface area contributed by atoms with Gasteiger partial charge in [-0.15, -0.1) is 10.2 Å². The molecule has 0 aliphatic carbocycles. The largest absolute Gasteiger partial charge is 0.421 e. The highest BCUT2D eigenvalue weighted by Gasteiger charge is 2.26. The van der Waals surface area contributed by atoms with Crippen LogP contribution in [0.15, 0.2) is 22.7 Å². The Morgan fingerprint density at radius 1 is 1.29 bits per heavy atom. The van der Waals surface area contributed by atoms with Crippen LogP contribution < -0.4 is 4.90 Å². The van der Waals surface area contributed by atoms with Gasteiger partial charge in [0.15, 0.2) is 0 Å². The fourth-order valence-corrected chi connectivity index (χ4v) is 2.85. The Labute approximate surface area is 141 Å². The second-order valence-electron chi connectivity index (χ2n) is 6.12. The van der Waals surface area contributed by atoms with Gasteiger partial charge in [0.2, 0.25) is 11.8 Å². The lowest BCUT2D eigenvalue weighted by Crippen LogP contribution is -2.50. The SMILES string of the molecule is CC[C@@H](C)C(=O)N1CCN(c2ncccc2-c2nnc(C)o2)CC1. The number of rotatable bonds is 4. The molecule has 0 saturated carbocycles. The lowest BCUT2D eigenvalue weighted by molar-refractivity contribution is -0.135. The van der Waals surface area contributed by atoms with Crippen LogP contribution in [0.4, 0.5) is 5.82 Å². The maximum Gasteiger partial charge on any atom is 0.251 e. The molecule has 0 bridgehead atoms. The van der Waals surface area contributed by atoms with Gasteiger partial charge in [-0.05, 0) is 18.6 Å². The maximum absolute atomic E-state index is 12.3. The van der Waals surface area contributed by atoms with Crippen molar-refractivity contribution in [1.82, 2.24) is 20.1 Å². The summed E-state index contributed by atoms with van der Waals surface area (Å²) in [5.74, 6) is 2.17. The van der Waals surface area contributed by atoms with Crippen molar-refractivity contribution in [3.63, 3.8) is 0 Å². The van der Waals surface area contributed by atoms with Crippen LogP contribution in [0.2, 0.25) is 0 Å². The zero-order valence-electron chi connectivity index (χ0n) is 14.4. The van der Waals surface area contributed by atoms with Gasteiger partial charge in [-0.3, -0.25) is 4.79 Å². The monoisotopic (exact) mass is 329 g/mol. The van der Waals surface area contributed by atoms with Crippen LogP contribution in [-0.2, 0) is 4.79 Å². The van der Waals surface area contributed by atoms with Crippen molar-refractivity contribution >= 4 is 11.7 Å². The third-order valence-corrected chi connectivity index (χ3v) is 4.47. The van der Waals surface area contributed by atoms with Crippen LogP contribution in [0.3, 0.4) is 0 Å². The Bertz CT molecular complexity index is 707. The molecule has 24 heavy (non-hydrogen) atoms. The third kappa shape index (κ3) is 3.25. The molecule has 0 spiro atoms. The van der Waals surface area contributed by atoms with Crippen molar-refractivity contribution in [2.75, 3.05) is 31.1 Å². The van der Waals surface area contributed by atoms with Gasteiger partial charge in [0, 0.05) is 45.2 Å². The Hall–Kier alpha value is -2.44. The van der Waals surface area contributed by atoms with Crippen LogP contribution in [0.25, 0.3) is 11.5 Å². The molecule has 1 saturated heterocycles. The quantitative estimate of drug-likeness (QED) is 0.855. The first-order chi connectivity index (χ1) is 11.6. The smallest absolute Gasteiger partial charge is 0.251 e. The van der Waals surface area contributed by atoms with Crippen molar-refractivity contribution in [2.24, 2.45) is 5.92 Å². The molecular formula is C17H23N5O2. The summed E-state index contributed by atoms with van der Waals surface area (Å²) in [4.78, 5) is 21.0. The van der Waals surface area contributed by atoms with E-state index in [1.165, 1.54) is 0 Å². The van der Waals surface area contributed by atoms with Crippen LogP contribution in [0.5, 0.6) is 0 Å². The molecule has 1 atom stereocenters. The number of aromatic nitrogens is 3. The summed E-state index contributed by atoms with van der Waals surface area (Å²) in [6, 6.07) is 3.80. The second-order valence-corrected chi connectivity index (χ2v) is 6.12. The Morgan fingerprint density at radius 3 is 2.67 bits per heavy atom. The lowest BCUT2D eigenvalue weighted by atomic mass is 10.1. The van der Waals surface area contributed by atoms with E-state index in [2.05, 4.69) is 20.1 Å². The van der Waals surface area contributed by atoms with E-state index in [9.17, 15) is 4.79 Å². The Morgan fingerprint density at radius 2 is 2.04 bits per heavy atom. The van der Waals surface area contributed by atoms with Gasteiger partial charge in [0.1, 0.15) is 5.82 Å². The zero-order chi connectivity index (χ0) is 17.1. The molecule has 3 heterocycles. The normalized spacial score (nSPS) is 16.3. The van der Waals surface area contributed by atoms with Crippen LogP contribution >= 0.6 is 0 Å². The van der Waals surface area contributed by atoms with Gasteiger partial charge in [0.25, 0.3) is 5.89 Å². The molecule has 2 aromatic rings. The molecule has 7 heteroatoms. The van der Waals surface area contributed by atoms with E-state index in [4.69, 9.17) is 4.42 Å². The van der Waals surface area contributed by atoms with Crippen LogP contribution in [0.1, 0.15) is 26.2 Å². The second kappa shape index (κ2) is 6.98. The molecule has 0 aromatic carbocycles. The molecule has 0 N–H and O–H groups in total. The van der Waals surface area contributed by atoms with Crippen molar-refractivity contribution in [2.45, 2.75) is 27.2 Å². The molecule has 1 aliphatic rings. The van der Waals surface area contributed by atoms with Crippen molar-refractivity contribution in [1.29, 1.82) is 0 Å². The number of pyridine rings is 1. The molecule has 1 fully saturated rings. The first kappa shape index (κ1) is 16.4. The summed E-state index contributed by atoms with van der Waals surface area (Å²) in [7, 11) is 0. The standard InChI is InChI=1S/C17H23N5O2/c1-4-12(2)17(23)22-10-8-21(9-11-22)15-14(6-5-7-18-15)16-20-19-13(3)24-16/h5-7,12H,4,8-11H2,1-3H3/t12-/m1/s1. The minimum absolute atomic E-state index is 0.0864. The van der Waals surface area contributed by atoms with Crippen molar-refractivity contribution in [3.05, 3.63) is 24.2 Å². The molecule has 0 radical (unpaired) electrons. The molecule has 0 unspecified atom stereocenters. The van der Waals surface area contributed by atoms with Crippen molar-refractivity contribution < 1.29 is 9.21 Å². The van der Waals surface area contributed by atoms with E-state index in [1.807, 2.05) is 30.9 Å². The topological polar surface area (TPSA) is 75.4 Å². The highest BCUT2D eigenvalue weighted by Crippen LogP contribution is 2.28. The zero-order valence-corrected chi connectivity index (χ0v) is 14.4. The summed E-state index contributed by atoms with van der Waals surface area (Å²) in [6.07, 6.45) is 2.64. The number of piperazine rings is 1. The van der Waals surface area contributed by atoms with E-state index < -0.39 is 0 Å². The van der Waals surface area contributed by atoms with Gasteiger partial charge in [-0.25, -0.2) is 4.98 Å². The molecular weight excluding hydrogens is 306 g/mol. The number of aryl methyl sites for hydroxylation is 1. The summed E-state index contributed by atoms with van der Waals surface area (Å²) in [5, 5.41) is 8.00. The van der Waals surface area contributed by atoms with Gasteiger partial charge < -0.3 is 14.2 Å². The van der Waals surface area contributed by atoms with E-state index in [0.29, 0.717) is 24.9 Å². The predicted octanol–water partition coefficient (Wildman–Crippen LogP) is 2.13. The van der Waals surface area contributed by atoms with Gasteiger partial charge in [0.05, 0.1) is 5.56 Å². The van der Waals surface area contributed by atoms with Gasteiger partial charge >= 0.3 is 0 Å². The molecule has 128 valence electrons. The molecule has 1 amide bonds. The summed E-state index contributed by atoms with van der Waals surface area (Å²) in [6.45, 7) is 8.73. The van der Waals surface area contributed by atoms with Crippen LogP contribution in [-0.4, -0.2) is 52.2 Å². The first-order valence-corrected chi connectivity index (χ1v) is 8.39. The number of amides is 1. The number of carbonyl (C=O) groups excluding carboxylic acids is 1. The first-order valence-electron chi connectivity index (χ1n) is 8.39. The highest BCUT2D eigenvalue weighted by molar-refractivity contribution is 5.79. The minimum atomic E-state index is 0.0864. The average molecular weight is 329 g/mol. The fourth-order valence-electron chi connectivity index (χ4n) is 2.85. The number of hydrogen-bond acceptors (Lipinski definition) is 6. The van der Waals surface area contributed by atoms with Gasteiger partial charge in [-0.2, -0.15) is 0 Å². The molecule has 7 nitrogen and oxygen atoms in total. The highest BCUT2D eigenvalue weighted by atomic mass is 16.4. The van der Waals surface area contributed by atoms with Crippen LogP contribution in [0, 0.1) is 12.8 Å². The van der Waals surface area contributed by atoms with E-state index in [0.717, 1.165) is 30.9 Å². The fraction of sp³-hybridized carbons (Fsp3) is 0.529.